The molecule has 5 rings (SSSR count). The van der Waals surface area contributed by atoms with Gasteiger partial charge in [-0.25, -0.2) is 0 Å². The van der Waals surface area contributed by atoms with Crippen LogP contribution in [0.4, 0.5) is 0 Å². The van der Waals surface area contributed by atoms with Crippen molar-refractivity contribution in [1.82, 2.24) is 14.9 Å². The van der Waals surface area contributed by atoms with Gasteiger partial charge in [-0.3, -0.25) is 9.78 Å². The van der Waals surface area contributed by atoms with E-state index in [1.54, 1.807) is 0 Å². The van der Waals surface area contributed by atoms with Crippen LogP contribution in [0.25, 0.3) is 22.0 Å². The summed E-state index contributed by atoms with van der Waals surface area (Å²) >= 11 is 0. The van der Waals surface area contributed by atoms with E-state index in [1.165, 1.54) is 22.1 Å². The quantitative estimate of drug-likeness (QED) is 0.450. The van der Waals surface area contributed by atoms with Gasteiger partial charge in [0.15, 0.2) is 0 Å². The Kier molecular flexibility index (Phi) is 5.29. The van der Waals surface area contributed by atoms with E-state index in [0.29, 0.717) is 6.42 Å². The van der Waals surface area contributed by atoms with E-state index < -0.39 is 0 Å². The molecule has 4 aromatic rings. The van der Waals surface area contributed by atoms with E-state index in [-0.39, 0.29) is 11.9 Å². The summed E-state index contributed by atoms with van der Waals surface area (Å²) < 4.78 is 0. The molecule has 1 N–H and O–H groups in total. The Morgan fingerprint density at radius 3 is 2.74 bits per heavy atom. The number of hydrogen-bond donors (Lipinski definition) is 1. The van der Waals surface area contributed by atoms with Crippen molar-refractivity contribution in [2.45, 2.75) is 38.6 Å². The maximum absolute atomic E-state index is 13.2. The topological polar surface area (TPSA) is 49.0 Å². The lowest BCUT2D eigenvalue weighted by Crippen LogP contribution is -2.31. The molecular formula is C27H27N3O. The van der Waals surface area contributed by atoms with E-state index in [2.05, 4.69) is 53.5 Å². The molecule has 0 unspecified atom stereocenters. The molecule has 1 aliphatic rings. The highest BCUT2D eigenvalue weighted by Gasteiger charge is 2.31. The lowest BCUT2D eigenvalue weighted by atomic mass is 10.0. The van der Waals surface area contributed by atoms with Crippen LogP contribution in [0, 0.1) is 6.92 Å². The molecule has 31 heavy (non-hydrogen) atoms. The summed E-state index contributed by atoms with van der Waals surface area (Å²) in [5.41, 5.74) is 6.69. The van der Waals surface area contributed by atoms with Gasteiger partial charge in [0.2, 0.25) is 5.91 Å². The molecule has 0 saturated carbocycles. The Morgan fingerprint density at radius 1 is 1.06 bits per heavy atom. The third-order valence-corrected chi connectivity index (χ3v) is 6.28. The number of pyridine rings is 1. The smallest absolute Gasteiger partial charge is 0.223 e. The van der Waals surface area contributed by atoms with Gasteiger partial charge >= 0.3 is 0 Å². The van der Waals surface area contributed by atoms with Crippen LogP contribution >= 0.6 is 0 Å². The van der Waals surface area contributed by atoms with E-state index in [1.807, 2.05) is 36.2 Å². The number of fused-ring (bicyclic) bond motifs is 1. The van der Waals surface area contributed by atoms with Crippen LogP contribution < -0.4 is 0 Å². The van der Waals surface area contributed by atoms with Crippen LogP contribution in [-0.4, -0.2) is 27.3 Å². The molecule has 2 aromatic carbocycles. The molecule has 1 saturated heterocycles. The number of benzene rings is 2. The first kappa shape index (κ1) is 19.6. The molecule has 1 fully saturated rings. The standard InChI is InChI=1S/C27H27N3O/c1-19-16-22(20-8-3-2-4-9-20)17-25(29-19)26-12-7-15-30(26)27(31)14-13-21-18-28-24-11-6-5-10-23(21)24/h2-6,8-11,16-18,26,28H,7,12-15H2,1H3/t26-/m1/s1. The van der Waals surface area contributed by atoms with Gasteiger partial charge in [0.25, 0.3) is 0 Å². The number of H-pyrrole nitrogens is 1. The van der Waals surface area contributed by atoms with Crippen LogP contribution in [0.3, 0.4) is 0 Å². The first-order chi connectivity index (χ1) is 15.2. The highest BCUT2D eigenvalue weighted by molar-refractivity contribution is 5.84. The van der Waals surface area contributed by atoms with Gasteiger partial charge in [0.05, 0.1) is 11.7 Å². The molecule has 0 spiro atoms. The van der Waals surface area contributed by atoms with Gasteiger partial charge in [0, 0.05) is 35.8 Å². The number of aromatic nitrogens is 2. The first-order valence-electron chi connectivity index (χ1n) is 11.1. The fraction of sp³-hybridized carbons (Fsp3) is 0.259. The van der Waals surface area contributed by atoms with Gasteiger partial charge in [-0.05, 0) is 61.1 Å². The number of aryl methyl sites for hydroxylation is 2. The molecule has 156 valence electrons. The maximum Gasteiger partial charge on any atom is 0.223 e. The molecular weight excluding hydrogens is 382 g/mol. The van der Waals surface area contributed by atoms with Crippen molar-refractivity contribution < 1.29 is 4.79 Å². The monoisotopic (exact) mass is 409 g/mol. The predicted octanol–water partition coefficient (Wildman–Crippen LogP) is 5.83. The average molecular weight is 410 g/mol. The third kappa shape index (κ3) is 3.98. The van der Waals surface area contributed by atoms with Gasteiger partial charge in [-0.15, -0.1) is 0 Å². The first-order valence-corrected chi connectivity index (χ1v) is 11.1. The maximum atomic E-state index is 13.2. The highest BCUT2D eigenvalue weighted by atomic mass is 16.2. The fourth-order valence-electron chi connectivity index (χ4n) is 4.76. The van der Waals surface area contributed by atoms with Crippen LogP contribution in [-0.2, 0) is 11.2 Å². The molecule has 3 heterocycles. The van der Waals surface area contributed by atoms with Crippen molar-refractivity contribution in [1.29, 1.82) is 0 Å². The number of likely N-dealkylation sites (tertiary alicyclic amines) is 1. The van der Waals surface area contributed by atoms with E-state index in [9.17, 15) is 4.79 Å². The van der Waals surface area contributed by atoms with Crippen molar-refractivity contribution in [3.63, 3.8) is 0 Å². The number of para-hydroxylation sites is 1. The highest BCUT2D eigenvalue weighted by Crippen LogP contribution is 2.34. The van der Waals surface area contributed by atoms with Crippen molar-refractivity contribution in [3.8, 4) is 11.1 Å². The normalized spacial score (nSPS) is 16.2. The molecule has 0 radical (unpaired) electrons. The lowest BCUT2D eigenvalue weighted by molar-refractivity contribution is -0.132. The van der Waals surface area contributed by atoms with Crippen LogP contribution in [0.1, 0.15) is 42.3 Å². The molecule has 1 amide bonds. The minimum Gasteiger partial charge on any atom is -0.361 e. The summed E-state index contributed by atoms with van der Waals surface area (Å²) in [5, 5.41) is 1.21. The SMILES string of the molecule is Cc1cc(-c2ccccc2)cc([C@H]2CCCN2C(=O)CCc2c[nH]c3ccccc23)n1. The number of hydrogen-bond acceptors (Lipinski definition) is 2. The number of nitrogens with one attached hydrogen (secondary N) is 1. The number of carbonyl (C=O) groups excluding carboxylic acids is 1. The molecule has 0 aliphatic carbocycles. The number of aromatic amines is 1. The molecule has 4 nitrogen and oxygen atoms in total. The molecule has 1 atom stereocenters. The fourth-order valence-corrected chi connectivity index (χ4v) is 4.76. The Hall–Kier alpha value is -3.40. The van der Waals surface area contributed by atoms with Gasteiger partial charge in [-0.2, -0.15) is 0 Å². The molecule has 4 heteroatoms. The van der Waals surface area contributed by atoms with E-state index in [4.69, 9.17) is 4.98 Å². The van der Waals surface area contributed by atoms with Crippen molar-refractivity contribution in [3.05, 3.63) is 89.9 Å². The lowest BCUT2D eigenvalue weighted by Gasteiger charge is -2.25. The number of carbonyl (C=O) groups is 1. The number of rotatable bonds is 5. The zero-order valence-electron chi connectivity index (χ0n) is 17.8. The second-order valence-corrected chi connectivity index (χ2v) is 8.39. The van der Waals surface area contributed by atoms with Crippen LogP contribution in [0.15, 0.2) is 72.9 Å². The molecule has 0 bridgehead atoms. The van der Waals surface area contributed by atoms with Crippen LogP contribution in [0.5, 0.6) is 0 Å². The third-order valence-electron chi connectivity index (χ3n) is 6.28. The largest absolute Gasteiger partial charge is 0.361 e. The summed E-state index contributed by atoms with van der Waals surface area (Å²) in [4.78, 5) is 23.4. The number of nitrogens with zero attached hydrogens (tertiary/aromatic N) is 2. The Bertz CT molecular complexity index is 1210. The van der Waals surface area contributed by atoms with Crippen molar-refractivity contribution in [2.75, 3.05) is 6.54 Å². The summed E-state index contributed by atoms with van der Waals surface area (Å²) in [5.74, 6) is 0.220. The predicted molar refractivity (Wildman–Crippen MR) is 125 cm³/mol. The molecule has 1 aliphatic heterocycles. The second kappa shape index (κ2) is 8.38. The number of amides is 1. The Morgan fingerprint density at radius 2 is 1.87 bits per heavy atom. The van der Waals surface area contributed by atoms with Crippen LogP contribution in [0.2, 0.25) is 0 Å². The van der Waals surface area contributed by atoms with Gasteiger partial charge in [0.1, 0.15) is 0 Å². The van der Waals surface area contributed by atoms with Gasteiger partial charge in [-0.1, -0.05) is 48.5 Å². The molecule has 2 aromatic heterocycles. The summed E-state index contributed by atoms with van der Waals surface area (Å²) in [6, 6.07) is 23.0. The Balaban J connectivity index is 1.35. The van der Waals surface area contributed by atoms with Crippen molar-refractivity contribution in [2.24, 2.45) is 0 Å². The zero-order valence-corrected chi connectivity index (χ0v) is 17.8. The van der Waals surface area contributed by atoms with Crippen molar-refractivity contribution >= 4 is 16.8 Å². The van der Waals surface area contributed by atoms with Gasteiger partial charge < -0.3 is 9.88 Å². The summed E-state index contributed by atoms with van der Waals surface area (Å²) in [6.07, 6.45) is 5.31. The van der Waals surface area contributed by atoms with E-state index in [0.717, 1.165) is 42.7 Å². The Labute approximate surface area is 182 Å². The summed E-state index contributed by atoms with van der Waals surface area (Å²) in [6.45, 7) is 2.85. The average Bonchev–Trinajstić information content (AvgIpc) is 3.45. The second-order valence-electron chi connectivity index (χ2n) is 8.39. The summed E-state index contributed by atoms with van der Waals surface area (Å²) in [7, 11) is 0. The van der Waals surface area contributed by atoms with E-state index >= 15 is 0 Å². The zero-order chi connectivity index (χ0) is 21.2. The minimum absolute atomic E-state index is 0.0674. The minimum atomic E-state index is 0.0674.